The van der Waals surface area contributed by atoms with Crippen molar-refractivity contribution >= 4 is 21.8 Å². The minimum atomic E-state index is -4.05. The van der Waals surface area contributed by atoms with Crippen molar-refractivity contribution in [2.24, 2.45) is 0 Å². The Morgan fingerprint density at radius 3 is 2.25 bits per heavy atom. The highest BCUT2D eigenvalue weighted by Gasteiger charge is 2.29. The lowest BCUT2D eigenvalue weighted by Crippen LogP contribution is -2.31. The van der Waals surface area contributed by atoms with Gasteiger partial charge in [0, 0.05) is 12.1 Å². The molecule has 0 fully saturated rings. The number of aromatic carboxylic acids is 1. The Labute approximate surface area is 188 Å². The Balaban J connectivity index is 2.02. The summed E-state index contributed by atoms with van der Waals surface area (Å²) in [5, 5.41) is 9.38. The molecule has 0 saturated carbocycles. The zero-order valence-electron chi connectivity index (χ0n) is 19.1. The molecule has 1 heterocycles. The number of nitrogens with zero attached hydrogens (tertiary/aromatic N) is 2. The van der Waals surface area contributed by atoms with Crippen LogP contribution in [0, 0.1) is 13.8 Å². The Morgan fingerprint density at radius 1 is 1.09 bits per heavy atom. The van der Waals surface area contributed by atoms with Crippen molar-refractivity contribution in [2.75, 3.05) is 10.8 Å². The minimum absolute atomic E-state index is 0.00608. The topological polar surface area (TPSA) is 101 Å². The number of benzene rings is 2. The number of rotatable bonds is 6. The quantitative estimate of drug-likeness (QED) is 0.549. The van der Waals surface area contributed by atoms with Gasteiger partial charge in [-0.15, -0.1) is 0 Å². The Bertz CT molecular complexity index is 1250. The van der Waals surface area contributed by atoms with Crippen molar-refractivity contribution in [3.8, 4) is 11.5 Å². The Kier molecular flexibility index (Phi) is 6.20. The van der Waals surface area contributed by atoms with E-state index in [9.17, 15) is 18.3 Å². The van der Waals surface area contributed by atoms with Gasteiger partial charge in [-0.3, -0.25) is 0 Å². The molecule has 2 aromatic carbocycles. The van der Waals surface area contributed by atoms with Crippen LogP contribution in [0.4, 0.5) is 5.82 Å². The number of aryl methyl sites for hydroxylation is 2. The first kappa shape index (κ1) is 23.5. The molecule has 170 valence electrons. The molecule has 7 nitrogen and oxygen atoms in total. The molecule has 8 heteroatoms. The molecule has 0 radical (unpaired) electrons. The summed E-state index contributed by atoms with van der Waals surface area (Å²) >= 11 is 0. The van der Waals surface area contributed by atoms with Crippen LogP contribution in [0.5, 0.6) is 0 Å². The standard InChI is InChI=1S/C24H28N2O5S/c1-7-26(32(29,30)19-13-8-15(2)20(14-19)23(27)28)21-16(3)31-22(25-21)17-9-11-18(12-10-17)24(4,5)6/h8-14H,7H2,1-6H3,(H,27,28). The molecule has 0 saturated heterocycles. The lowest BCUT2D eigenvalue weighted by molar-refractivity contribution is 0.0696. The number of carbonyl (C=O) groups is 1. The van der Waals surface area contributed by atoms with Crippen molar-refractivity contribution in [1.29, 1.82) is 0 Å². The molecule has 0 bridgehead atoms. The highest BCUT2D eigenvalue weighted by molar-refractivity contribution is 7.92. The Morgan fingerprint density at radius 2 is 1.72 bits per heavy atom. The average molecular weight is 457 g/mol. The van der Waals surface area contributed by atoms with Gasteiger partial charge < -0.3 is 9.52 Å². The molecular formula is C24H28N2O5S. The summed E-state index contributed by atoms with van der Waals surface area (Å²) in [5.74, 6) is -0.321. The fourth-order valence-corrected chi connectivity index (χ4v) is 4.91. The number of carboxylic acid groups (broad SMARTS) is 1. The van der Waals surface area contributed by atoms with Gasteiger partial charge in [0.2, 0.25) is 5.89 Å². The van der Waals surface area contributed by atoms with Crippen LogP contribution >= 0.6 is 0 Å². The first-order chi connectivity index (χ1) is 14.9. The van der Waals surface area contributed by atoms with E-state index in [1.165, 1.54) is 18.2 Å². The molecule has 0 aliphatic heterocycles. The van der Waals surface area contributed by atoms with Crippen LogP contribution in [-0.2, 0) is 15.4 Å². The SMILES string of the molecule is CCN(c1nc(-c2ccc(C(C)(C)C)cc2)oc1C)S(=O)(=O)c1ccc(C)c(C(=O)O)c1. The van der Waals surface area contributed by atoms with E-state index < -0.39 is 16.0 Å². The largest absolute Gasteiger partial charge is 0.478 e. The summed E-state index contributed by atoms with van der Waals surface area (Å²) in [6.45, 7) is 11.5. The average Bonchev–Trinajstić information content (AvgIpc) is 3.09. The summed E-state index contributed by atoms with van der Waals surface area (Å²) < 4.78 is 33.7. The number of anilines is 1. The van der Waals surface area contributed by atoms with Crippen molar-refractivity contribution in [3.05, 3.63) is 64.9 Å². The predicted octanol–water partition coefficient (Wildman–Crippen LogP) is 5.17. The van der Waals surface area contributed by atoms with E-state index in [4.69, 9.17) is 4.42 Å². The molecule has 3 rings (SSSR count). The maximum Gasteiger partial charge on any atom is 0.335 e. The van der Waals surface area contributed by atoms with Crippen LogP contribution in [0.25, 0.3) is 11.5 Å². The van der Waals surface area contributed by atoms with E-state index in [1.807, 2.05) is 24.3 Å². The highest BCUT2D eigenvalue weighted by Crippen LogP contribution is 2.32. The number of oxazole rings is 1. The zero-order chi connectivity index (χ0) is 23.8. The van der Waals surface area contributed by atoms with Gasteiger partial charge in [-0.1, -0.05) is 39.0 Å². The summed E-state index contributed by atoms with van der Waals surface area (Å²) in [4.78, 5) is 15.8. The first-order valence-electron chi connectivity index (χ1n) is 10.3. The minimum Gasteiger partial charge on any atom is -0.478 e. The van der Waals surface area contributed by atoms with E-state index in [-0.39, 0.29) is 28.2 Å². The van der Waals surface area contributed by atoms with Crippen molar-refractivity contribution in [2.45, 2.75) is 51.9 Å². The smallest absolute Gasteiger partial charge is 0.335 e. The summed E-state index contributed by atoms with van der Waals surface area (Å²) in [6, 6.07) is 11.9. The first-order valence-corrected chi connectivity index (χ1v) is 11.7. The molecule has 0 spiro atoms. The lowest BCUT2D eigenvalue weighted by atomic mass is 9.87. The van der Waals surface area contributed by atoms with Crippen LogP contribution in [0.1, 0.15) is 54.9 Å². The summed E-state index contributed by atoms with van der Waals surface area (Å²) in [6.07, 6.45) is 0. The van der Waals surface area contributed by atoms with Gasteiger partial charge in [0.15, 0.2) is 5.82 Å². The van der Waals surface area contributed by atoms with Gasteiger partial charge >= 0.3 is 5.97 Å². The number of carboxylic acids is 1. The second-order valence-electron chi connectivity index (χ2n) is 8.68. The van der Waals surface area contributed by atoms with Gasteiger partial charge in [0.25, 0.3) is 10.0 Å². The zero-order valence-corrected chi connectivity index (χ0v) is 19.9. The van der Waals surface area contributed by atoms with E-state index in [2.05, 4.69) is 25.8 Å². The maximum absolute atomic E-state index is 13.4. The van der Waals surface area contributed by atoms with Crippen LogP contribution in [0.15, 0.2) is 51.8 Å². The Hall–Kier alpha value is -3.13. The maximum atomic E-state index is 13.4. The molecule has 1 N–H and O–H groups in total. The highest BCUT2D eigenvalue weighted by atomic mass is 32.2. The normalized spacial score (nSPS) is 12.1. The fraction of sp³-hybridized carbons (Fsp3) is 0.333. The molecule has 0 aliphatic rings. The van der Waals surface area contributed by atoms with Gasteiger partial charge in [0.05, 0.1) is 10.5 Å². The van der Waals surface area contributed by atoms with Crippen LogP contribution in [0.2, 0.25) is 0 Å². The van der Waals surface area contributed by atoms with Crippen LogP contribution < -0.4 is 4.31 Å². The van der Waals surface area contributed by atoms with Gasteiger partial charge in [-0.25, -0.2) is 17.5 Å². The third kappa shape index (κ3) is 4.41. The molecule has 0 atom stereocenters. The van der Waals surface area contributed by atoms with Gasteiger partial charge in [-0.2, -0.15) is 4.98 Å². The number of sulfonamides is 1. The molecule has 32 heavy (non-hydrogen) atoms. The van der Waals surface area contributed by atoms with Crippen molar-refractivity contribution < 1.29 is 22.7 Å². The van der Waals surface area contributed by atoms with E-state index in [0.29, 0.717) is 17.2 Å². The van der Waals surface area contributed by atoms with E-state index >= 15 is 0 Å². The van der Waals surface area contributed by atoms with Crippen LogP contribution in [-0.4, -0.2) is 31.0 Å². The monoisotopic (exact) mass is 456 g/mol. The summed E-state index contributed by atoms with van der Waals surface area (Å²) in [5.41, 5.74) is 2.34. The molecule has 3 aromatic rings. The fourth-order valence-electron chi connectivity index (χ4n) is 3.41. The van der Waals surface area contributed by atoms with E-state index in [1.54, 1.807) is 20.8 Å². The van der Waals surface area contributed by atoms with Crippen molar-refractivity contribution in [1.82, 2.24) is 4.98 Å². The molecule has 0 amide bonds. The van der Waals surface area contributed by atoms with Gasteiger partial charge in [-0.05, 0) is 61.6 Å². The number of aromatic nitrogens is 1. The predicted molar refractivity (Wildman–Crippen MR) is 124 cm³/mol. The second kappa shape index (κ2) is 8.43. The molecule has 0 unspecified atom stereocenters. The van der Waals surface area contributed by atoms with E-state index in [0.717, 1.165) is 15.4 Å². The lowest BCUT2D eigenvalue weighted by Gasteiger charge is -2.21. The number of hydrogen-bond acceptors (Lipinski definition) is 5. The van der Waals surface area contributed by atoms with Crippen LogP contribution in [0.3, 0.4) is 0 Å². The summed E-state index contributed by atoms with van der Waals surface area (Å²) in [7, 11) is -4.05. The third-order valence-electron chi connectivity index (χ3n) is 5.32. The number of hydrogen-bond donors (Lipinski definition) is 1. The van der Waals surface area contributed by atoms with Gasteiger partial charge in [0.1, 0.15) is 5.76 Å². The molecular weight excluding hydrogens is 428 g/mol. The third-order valence-corrected chi connectivity index (χ3v) is 7.18. The molecule has 1 aromatic heterocycles. The molecule has 0 aliphatic carbocycles. The second-order valence-corrected chi connectivity index (χ2v) is 10.5. The van der Waals surface area contributed by atoms with Crippen molar-refractivity contribution in [3.63, 3.8) is 0 Å².